The number of methoxy groups -OCH3 is 1. The SMILES string of the molecule is COC(=O)Oc1c(C(C)C)nc2c(c1-c1ccc(F)cc1)C(=O)CCC2. The van der Waals surface area contributed by atoms with Crippen LogP contribution in [0.2, 0.25) is 0 Å². The Hall–Kier alpha value is -2.76. The molecule has 0 aliphatic heterocycles. The zero-order valence-electron chi connectivity index (χ0n) is 15.0. The lowest BCUT2D eigenvalue weighted by Gasteiger charge is -2.24. The van der Waals surface area contributed by atoms with E-state index in [1.54, 1.807) is 12.1 Å². The number of hydrogen-bond acceptors (Lipinski definition) is 5. The molecule has 1 aliphatic carbocycles. The molecule has 0 N–H and O–H groups in total. The Bertz CT molecular complexity index is 859. The van der Waals surface area contributed by atoms with E-state index in [1.165, 1.54) is 19.2 Å². The summed E-state index contributed by atoms with van der Waals surface area (Å²) in [7, 11) is 1.21. The second-order valence-corrected chi connectivity index (χ2v) is 6.52. The third kappa shape index (κ3) is 3.31. The number of carbonyl (C=O) groups is 2. The van der Waals surface area contributed by atoms with Gasteiger partial charge in [0.2, 0.25) is 0 Å². The smallest absolute Gasteiger partial charge is 0.437 e. The predicted octanol–water partition coefficient (Wildman–Crippen LogP) is 4.68. The number of halogens is 1. The van der Waals surface area contributed by atoms with Gasteiger partial charge in [-0.15, -0.1) is 0 Å². The van der Waals surface area contributed by atoms with E-state index in [1.807, 2.05) is 13.8 Å². The highest BCUT2D eigenvalue weighted by molar-refractivity contribution is 6.06. The zero-order valence-corrected chi connectivity index (χ0v) is 15.0. The zero-order chi connectivity index (χ0) is 18.8. The van der Waals surface area contributed by atoms with Gasteiger partial charge in [0, 0.05) is 12.0 Å². The van der Waals surface area contributed by atoms with E-state index < -0.39 is 6.16 Å². The molecule has 0 bridgehead atoms. The third-order valence-corrected chi connectivity index (χ3v) is 4.38. The first-order valence-electron chi connectivity index (χ1n) is 8.54. The summed E-state index contributed by atoms with van der Waals surface area (Å²) < 4.78 is 23.5. The van der Waals surface area contributed by atoms with E-state index in [0.29, 0.717) is 40.9 Å². The summed E-state index contributed by atoms with van der Waals surface area (Å²) in [5.41, 5.74) is 2.80. The molecule has 1 aromatic carbocycles. The summed E-state index contributed by atoms with van der Waals surface area (Å²) >= 11 is 0. The van der Waals surface area contributed by atoms with E-state index in [2.05, 4.69) is 9.72 Å². The van der Waals surface area contributed by atoms with Crippen LogP contribution >= 0.6 is 0 Å². The number of nitrogens with zero attached hydrogens (tertiary/aromatic N) is 1. The van der Waals surface area contributed by atoms with E-state index in [4.69, 9.17) is 4.74 Å². The second-order valence-electron chi connectivity index (χ2n) is 6.52. The van der Waals surface area contributed by atoms with E-state index in [9.17, 15) is 14.0 Å². The minimum absolute atomic E-state index is 0.0452. The quantitative estimate of drug-likeness (QED) is 0.747. The average Bonchev–Trinajstić information content (AvgIpc) is 2.62. The van der Waals surface area contributed by atoms with Gasteiger partial charge in [0.25, 0.3) is 0 Å². The van der Waals surface area contributed by atoms with Crippen molar-refractivity contribution in [3.8, 4) is 16.9 Å². The van der Waals surface area contributed by atoms with Crippen LogP contribution in [0.5, 0.6) is 5.75 Å². The molecule has 0 saturated carbocycles. The molecule has 0 unspecified atom stereocenters. The van der Waals surface area contributed by atoms with Crippen LogP contribution in [0.15, 0.2) is 24.3 Å². The molecule has 2 aromatic rings. The normalized spacial score (nSPS) is 13.5. The molecule has 0 atom stereocenters. The fourth-order valence-corrected chi connectivity index (χ4v) is 3.17. The van der Waals surface area contributed by atoms with Gasteiger partial charge in [0.15, 0.2) is 11.5 Å². The molecule has 26 heavy (non-hydrogen) atoms. The number of ether oxygens (including phenoxy) is 2. The van der Waals surface area contributed by atoms with E-state index >= 15 is 0 Å². The standard InChI is InChI=1S/C20H20FNO4/c1-11(2)18-19(26-20(24)25-3)16(12-7-9-13(21)10-8-12)17-14(22-18)5-4-6-15(17)23/h7-11H,4-6H2,1-3H3. The molecule has 0 saturated heterocycles. The molecule has 1 heterocycles. The highest BCUT2D eigenvalue weighted by Gasteiger charge is 2.30. The van der Waals surface area contributed by atoms with Crippen LogP contribution in [0.1, 0.15) is 54.4 Å². The van der Waals surface area contributed by atoms with Gasteiger partial charge in [-0.3, -0.25) is 9.78 Å². The molecule has 6 heteroatoms. The first-order valence-corrected chi connectivity index (χ1v) is 8.54. The number of benzene rings is 1. The Morgan fingerprint density at radius 2 is 1.85 bits per heavy atom. The summed E-state index contributed by atoms with van der Waals surface area (Å²) in [6.07, 6.45) is 0.922. The van der Waals surface area contributed by atoms with Gasteiger partial charge in [-0.05, 0) is 36.5 Å². The fourth-order valence-electron chi connectivity index (χ4n) is 3.17. The largest absolute Gasteiger partial charge is 0.513 e. The predicted molar refractivity (Wildman–Crippen MR) is 94.0 cm³/mol. The second kappa shape index (κ2) is 7.23. The van der Waals surface area contributed by atoms with Crippen molar-refractivity contribution in [2.24, 2.45) is 0 Å². The maximum absolute atomic E-state index is 13.4. The van der Waals surface area contributed by atoms with Crippen molar-refractivity contribution in [3.63, 3.8) is 0 Å². The molecule has 5 nitrogen and oxygen atoms in total. The third-order valence-electron chi connectivity index (χ3n) is 4.38. The number of ketones is 1. The first-order chi connectivity index (χ1) is 12.4. The van der Waals surface area contributed by atoms with Gasteiger partial charge in [-0.25, -0.2) is 9.18 Å². The summed E-state index contributed by atoms with van der Waals surface area (Å²) in [6, 6.07) is 5.76. The molecular formula is C20H20FNO4. The molecular weight excluding hydrogens is 337 g/mol. The summed E-state index contributed by atoms with van der Waals surface area (Å²) in [4.78, 5) is 29.1. The van der Waals surface area contributed by atoms with E-state index in [0.717, 1.165) is 6.42 Å². The van der Waals surface area contributed by atoms with E-state index in [-0.39, 0.29) is 23.3 Å². The van der Waals surface area contributed by atoms with Crippen molar-refractivity contribution in [2.75, 3.05) is 7.11 Å². The van der Waals surface area contributed by atoms with Crippen LogP contribution in [-0.2, 0) is 11.2 Å². The van der Waals surface area contributed by atoms with Gasteiger partial charge in [-0.2, -0.15) is 0 Å². The van der Waals surface area contributed by atoms with Crippen LogP contribution in [0.4, 0.5) is 9.18 Å². The number of fused-ring (bicyclic) bond motifs is 1. The number of aryl methyl sites for hydroxylation is 1. The molecule has 0 radical (unpaired) electrons. The monoisotopic (exact) mass is 357 g/mol. The maximum Gasteiger partial charge on any atom is 0.513 e. The Kier molecular flexibility index (Phi) is 5.02. The number of hydrogen-bond donors (Lipinski definition) is 0. The van der Waals surface area contributed by atoms with Gasteiger partial charge < -0.3 is 9.47 Å². The highest BCUT2D eigenvalue weighted by Crippen LogP contribution is 2.42. The van der Waals surface area contributed by atoms with Crippen LogP contribution in [0.3, 0.4) is 0 Å². The van der Waals surface area contributed by atoms with Gasteiger partial charge >= 0.3 is 6.16 Å². The average molecular weight is 357 g/mol. The number of rotatable bonds is 3. The molecule has 3 rings (SSSR count). The molecule has 0 fully saturated rings. The lowest BCUT2D eigenvalue weighted by atomic mass is 9.86. The summed E-state index contributed by atoms with van der Waals surface area (Å²) in [6.45, 7) is 3.86. The maximum atomic E-state index is 13.4. The van der Waals surface area contributed by atoms with Crippen molar-refractivity contribution in [2.45, 2.75) is 39.0 Å². The van der Waals surface area contributed by atoms with Gasteiger partial charge in [0.1, 0.15) is 5.82 Å². The Morgan fingerprint density at radius 3 is 2.46 bits per heavy atom. The van der Waals surface area contributed by atoms with Crippen molar-refractivity contribution in [3.05, 3.63) is 47.0 Å². The van der Waals surface area contributed by atoms with Crippen LogP contribution in [0.25, 0.3) is 11.1 Å². The van der Waals surface area contributed by atoms with Crippen molar-refractivity contribution >= 4 is 11.9 Å². The number of Topliss-reactive ketones (excluding diaryl/α,β-unsaturated/α-hetero) is 1. The Balaban J connectivity index is 2.35. The molecule has 136 valence electrons. The lowest BCUT2D eigenvalue weighted by Crippen LogP contribution is -2.19. The summed E-state index contributed by atoms with van der Waals surface area (Å²) in [5, 5.41) is 0. The Labute approximate surface area is 151 Å². The number of aromatic nitrogens is 1. The Morgan fingerprint density at radius 1 is 1.15 bits per heavy atom. The molecule has 1 aliphatic rings. The topological polar surface area (TPSA) is 65.5 Å². The number of carbonyl (C=O) groups excluding carboxylic acids is 2. The first kappa shape index (κ1) is 18.0. The minimum atomic E-state index is -0.889. The fraction of sp³-hybridized carbons (Fsp3) is 0.350. The highest BCUT2D eigenvalue weighted by atomic mass is 19.1. The van der Waals surface area contributed by atoms with Crippen molar-refractivity contribution < 1.29 is 23.5 Å². The molecule has 0 amide bonds. The van der Waals surface area contributed by atoms with Gasteiger partial charge in [0.05, 0.1) is 24.1 Å². The lowest BCUT2D eigenvalue weighted by molar-refractivity contribution is 0.0969. The minimum Gasteiger partial charge on any atom is -0.437 e. The van der Waals surface area contributed by atoms with Crippen LogP contribution < -0.4 is 4.74 Å². The molecule has 0 spiro atoms. The van der Waals surface area contributed by atoms with Crippen molar-refractivity contribution in [1.29, 1.82) is 0 Å². The number of pyridine rings is 1. The van der Waals surface area contributed by atoms with Gasteiger partial charge in [-0.1, -0.05) is 26.0 Å². The molecule has 1 aromatic heterocycles. The van der Waals surface area contributed by atoms with Crippen molar-refractivity contribution in [1.82, 2.24) is 4.98 Å². The van der Waals surface area contributed by atoms with Crippen LogP contribution in [-0.4, -0.2) is 24.0 Å². The van der Waals surface area contributed by atoms with Crippen LogP contribution in [0, 0.1) is 5.82 Å². The summed E-state index contributed by atoms with van der Waals surface area (Å²) in [5.74, 6) is -0.283.